The number of hydrogen-bond acceptors (Lipinski definition) is 5. The first kappa shape index (κ1) is 26.8. The lowest BCUT2D eigenvalue weighted by Gasteiger charge is -2.40. The van der Waals surface area contributed by atoms with Crippen LogP contribution in [0.2, 0.25) is 0 Å². The van der Waals surface area contributed by atoms with E-state index in [9.17, 15) is 14.7 Å². The van der Waals surface area contributed by atoms with E-state index in [0.717, 1.165) is 47.9 Å². The summed E-state index contributed by atoms with van der Waals surface area (Å²) < 4.78 is 11.8. The fourth-order valence-corrected chi connectivity index (χ4v) is 5.98. The molecule has 0 spiro atoms. The minimum absolute atomic E-state index is 0.145. The molecule has 0 radical (unpaired) electrons. The molecule has 2 atom stereocenters. The van der Waals surface area contributed by atoms with Gasteiger partial charge in [0.05, 0.1) is 7.11 Å². The highest BCUT2D eigenvalue weighted by Crippen LogP contribution is 2.40. The number of carboxylic acid groups (broad SMARTS) is 1. The maximum Gasteiger partial charge on any atom is 0.326 e. The van der Waals surface area contributed by atoms with Crippen LogP contribution in [0.5, 0.6) is 11.5 Å². The smallest absolute Gasteiger partial charge is 0.326 e. The van der Waals surface area contributed by atoms with E-state index in [4.69, 9.17) is 9.47 Å². The molecule has 1 unspecified atom stereocenters. The molecule has 1 aliphatic heterocycles. The Morgan fingerprint density at radius 1 is 1.00 bits per heavy atom. The van der Waals surface area contributed by atoms with E-state index >= 15 is 0 Å². The second-order valence-corrected chi connectivity index (χ2v) is 10.5. The van der Waals surface area contributed by atoms with Crippen molar-refractivity contribution in [2.24, 2.45) is 0 Å². The second-order valence-electron chi connectivity index (χ2n) is 10.5. The molecule has 7 heteroatoms. The van der Waals surface area contributed by atoms with Crippen molar-refractivity contribution in [1.29, 1.82) is 0 Å². The Morgan fingerprint density at radius 2 is 1.67 bits per heavy atom. The van der Waals surface area contributed by atoms with Gasteiger partial charge in [0.15, 0.2) is 11.5 Å². The van der Waals surface area contributed by atoms with Gasteiger partial charge in [-0.3, -0.25) is 9.69 Å². The largest absolute Gasteiger partial charge is 0.493 e. The second kappa shape index (κ2) is 11.9. The monoisotopic (exact) mass is 528 g/mol. The van der Waals surface area contributed by atoms with Crippen molar-refractivity contribution in [2.75, 3.05) is 14.2 Å². The van der Waals surface area contributed by atoms with Gasteiger partial charge in [0.1, 0.15) is 18.7 Å². The molecule has 2 aliphatic rings. The van der Waals surface area contributed by atoms with Gasteiger partial charge in [0.25, 0.3) is 0 Å². The van der Waals surface area contributed by atoms with E-state index in [1.165, 1.54) is 0 Å². The van der Waals surface area contributed by atoms with Gasteiger partial charge in [0.2, 0.25) is 5.91 Å². The molecule has 39 heavy (non-hydrogen) atoms. The van der Waals surface area contributed by atoms with Crippen LogP contribution in [0.4, 0.5) is 0 Å². The lowest BCUT2D eigenvalue weighted by atomic mass is 9.91. The zero-order valence-electron chi connectivity index (χ0n) is 22.6. The van der Waals surface area contributed by atoms with E-state index in [2.05, 4.69) is 4.90 Å². The highest BCUT2D eigenvalue weighted by Gasteiger charge is 2.42. The minimum atomic E-state index is -1.03. The quantitative estimate of drug-likeness (QED) is 0.410. The number of benzene rings is 3. The van der Waals surface area contributed by atoms with Crippen LogP contribution in [0.1, 0.15) is 54.0 Å². The molecule has 1 amide bonds. The molecule has 0 bridgehead atoms. The highest BCUT2D eigenvalue weighted by molar-refractivity contribution is 5.89. The fraction of sp³-hybridized carbons (Fsp3) is 0.375. The molecule has 204 valence electrons. The first-order valence-corrected chi connectivity index (χ1v) is 13.6. The summed E-state index contributed by atoms with van der Waals surface area (Å²) in [6, 6.07) is 22.0. The Morgan fingerprint density at radius 3 is 2.31 bits per heavy atom. The van der Waals surface area contributed by atoms with Crippen molar-refractivity contribution in [3.05, 3.63) is 95.1 Å². The number of hydrogen-bond donors (Lipinski definition) is 1. The summed E-state index contributed by atoms with van der Waals surface area (Å²) >= 11 is 0. The number of aliphatic carboxylic acids is 1. The van der Waals surface area contributed by atoms with Crippen LogP contribution >= 0.6 is 0 Å². The van der Waals surface area contributed by atoms with Gasteiger partial charge in [-0.15, -0.1) is 0 Å². The molecule has 1 heterocycles. The third-order valence-corrected chi connectivity index (χ3v) is 8.11. The number of methoxy groups -OCH3 is 1. The molecular weight excluding hydrogens is 492 g/mol. The van der Waals surface area contributed by atoms with Crippen LogP contribution in [0, 0.1) is 0 Å². The maximum atomic E-state index is 14.3. The zero-order valence-corrected chi connectivity index (χ0v) is 22.6. The molecule has 1 N–H and O–H groups in total. The van der Waals surface area contributed by atoms with E-state index in [-0.39, 0.29) is 18.9 Å². The van der Waals surface area contributed by atoms with E-state index < -0.39 is 18.1 Å². The molecule has 1 fully saturated rings. The number of fused-ring (bicyclic) bond motifs is 1. The number of likely N-dealkylation sites (N-methyl/N-ethyl adjacent to an activating group) is 1. The van der Waals surface area contributed by atoms with Crippen molar-refractivity contribution < 1.29 is 24.2 Å². The third kappa shape index (κ3) is 5.64. The van der Waals surface area contributed by atoms with Crippen LogP contribution in [0.25, 0.3) is 0 Å². The standard InChI is InChI=1S/C32H36N2O5/c1-33(25-15-9-10-16-25)29(23-13-7-4-8-14-23)31(35)34-20-24-17-18-28(38-2)30(26(24)19-27(34)32(36)37)39-21-22-11-5-3-6-12-22/h3-8,11-14,17-18,25,27,29H,9-10,15-16,19-21H2,1-2H3,(H,36,37)/t27-,29?/m0/s1. The molecule has 3 aromatic carbocycles. The predicted octanol–water partition coefficient (Wildman–Crippen LogP) is 5.23. The topological polar surface area (TPSA) is 79.3 Å². The molecule has 0 saturated heterocycles. The number of carboxylic acids is 1. The van der Waals surface area contributed by atoms with E-state index in [1.54, 1.807) is 12.0 Å². The number of nitrogens with zero attached hydrogens (tertiary/aromatic N) is 2. The maximum absolute atomic E-state index is 14.3. The van der Waals surface area contributed by atoms with Crippen LogP contribution in [0.3, 0.4) is 0 Å². The molecule has 1 aliphatic carbocycles. The summed E-state index contributed by atoms with van der Waals surface area (Å²) in [5.41, 5.74) is 3.54. The van der Waals surface area contributed by atoms with Gasteiger partial charge in [0, 0.05) is 24.6 Å². The van der Waals surface area contributed by atoms with E-state index in [1.807, 2.05) is 79.8 Å². The van der Waals surface area contributed by atoms with Crippen LogP contribution < -0.4 is 9.47 Å². The zero-order chi connectivity index (χ0) is 27.4. The third-order valence-electron chi connectivity index (χ3n) is 8.11. The Hall–Kier alpha value is -3.84. The Kier molecular flexibility index (Phi) is 8.17. The van der Waals surface area contributed by atoms with Gasteiger partial charge in [-0.1, -0.05) is 79.6 Å². The SMILES string of the molecule is COc1ccc2c(c1OCc1ccccc1)C[C@@H](C(=O)O)N(C(=O)C(c1ccccc1)N(C)C1CCCC1)C2. The van der Waals surface area contributed by atoms with Gasteiger partial charge in [-0.25, -0.2) is 4.79 Å². The summed E-state index contributed by atoms with van der Waals surface area (Å²) in [7, 11) is 3.58. The highest BCUT2D eigenvalue weighted by atomic mass is 16.5. The first-order valence-electron chi connectivity index (χ1n) is 13.6. The molecule has 3 aromatic rings. The summed E-state index contributed by atoms with van der Waals surface area (Å²) in [5, 5.41) is 10.3. The predicted molar refractivity (Wildman–Crippen MR) is 149 cm³/mol. The van der Waals surface area contributed by atoms with Crippen LogP contribution in [0.15, 0.2) is 72.8 Å². The Bertz CT molecular complexity index is 1290. The minimum Gasteiger partial charge on any atom is -0.493 e. The van der Waals surface area contributed by atoms with Crippen molar-refractivity contribution in [3.8, 4) is 11.5 Å². The van der Waals surface area contributed by atoms with Crippen LogP contribution in [-0.2, 0) is 29.2 Å². The molecule has 5 rings (SSSR count). The van der Waals surface area contributed by atoms with Crippen molar-refractivity contribution in [3.63, 3.8) is 0 Å². The molecule has 7 nitrogen and oxygen atoms in total. The number of rotatable bonds is 9. The summed E-state index contributed by atoms with van der Waals surface area (Å²) in [6.45, 7) is 0.523. The Balaban J connectivity index is 1.48. The summed E-state index contributed by atoms with van der Waals surface area (Å²) in [4.78, 5) is 30.6. The lowest BCUT2D eigenvalue weighted by Crippen LogP contribution is -2.53. The van der Waals surface area contributed by atoms with Gasteiger partial charge < -0.3 is 19.5 Å². The number of carbonyl (C=O) groups excluding carboxylic acids is 1. The average molecular weight is 529 g/mol. The van der Waals surface area contributed by atoms with Gasteiger partial charge in [-0.2, -0.15) is 0 Å². The average Bonchev–Trinajstić information content (AvgIpc) is 3.51. The Labute approximate surface area is 230 Å². The number of amides is 1. The first-order chi connectivity index (χ1) is 19.0. The molecule has 0 aromatic heterocycles. The van der Waals surface area contributed by atoms with E-state index in [0.29, 0.717) is 24.1 Å². The lowest BCUT2D eigenvalue weighted by molar-refractivity contribution is -0.154. The van der Waals surface area contributed by atoms with Crippen molar-refractivity contribution in [2.45, 2.75) is 63.4 Å². The summed E-state index contributed by atoms with van der Waals surface area (Å²) in [6.07, 6.45) is 4.52. The molecular formula is C32H36N2O5. The number of carbonyl (C=O) groups is 2. The fourth-order valence-electron chi connectivity index (χ4n) is 5.98. The van der Waals surface area contributed by atoms with Gasteiger partial charge >= 0.3 is 5.97 Å². The van der Waals surface area contributed by atoms with Crippen LogP contribution in [-0.4, -0.2) is 53.0 Å². The molecule has 1 saturated carbocycles. The van der Waals surface area contributed by atoms with Crippen molar-refractivity contribution in [1.82, 2.24) is 9.80 Å². The summed E-state index contributed by atoms with van der Waals surface area (Å²) in [5.74, 6) is -0.117. The normalized spacial score (nSPS) is 18.0. The van der Waals surface area contributed by atoms with Gasteiger partial charge in [-0.05, 0) is 42.6 Å². The number of ether oxygens (including phenoxy) is 2. The van der Waals surface area contributed by atoms with Crippen molar-refractivity contribution >= 4 is 11.9 Å².